The van der Waals surface area contributed by atoms with Crippen LogP contribution in [0.2, 0.25) is 0 Å². The largest absolute Gasteiger partial charge is 0.519 e. The Hall–Kier alpha value is -5.88. The summed E-state index contributed by atoms with van der Waals surface area (Å²) in [7, 11) is 4.02. The van der Waals surface area contributed by atoms with Crippen molar-refractivity contribution in [1.82, 2.24) is 15.2 Å². The van der Waals surface area contributed by atoms with Crippen molar-refractivity contribution >= 4 is 35.9 Å². The van der Waals surface area contributed by atoms with E-state index in [0.29, 0.717) is 6.07 Å². The highest BCUT2D eigenvalue weighted by Crippen LogP contribution is 2.34. The van der Waals surface area contributed by atoms with Crippen LogP contribution in [0.4, 0.5) is 46.4 Å². The lowest BCUT2D eigenvalue weighted by atomic mass is 9.97. The number of nitrogens with zero attached hydrogens (tertiary/aromatic N) is 3. The molecule has 2 atom stereocenters. The van der Waals surface area contributed by atoms with Gasteiger partial charge in [-0.2, -0.15) is 0 Å². The van der Waals surface area contributed by atoms with E-state index >= 15 is 0 Å². The van der Waals surface area contributed by atoms with Gasteiger partial charge in [0.05, 0.1) is 0 Å². The first-order valence-electron chi connectivity index (χ1n) is 18.8. The number of rotatable bonds is 3. The molecule has 2 fully saturated rings. The molecule has 2 aromatic carbocycles. The quantitative estimate of drug-likeness (QED) is 0.0882. The first kappa shape index (κ1) is 51.3. The Bertz CT molecular complexity index is 1990. The molecule has 19 heteroatoms. The van der Waals surface area contributed by atoms with Gasteiger partial charge in [-0.25, -0.2) is 45.6 Å². The molecule has 0 saturated carbocycles. The van der Waals surface area contributed by atoms with Gasteiger partial charge in [0.1, 0.15) is 28.4 Å². The summed E-state index contributed by atoms with van der Waals surface area (Å²) in [5.74, 6) is -9.00. The average Bonchev–Trinajstić information content (AvgIpc) is 3.72. The van der Waals surface area contributed by atoms with E-state index < -0.39 is 93.4 Å². The summed E-state index contributed by atoms with van der Waals surface area (Å²) in [5, 5.41) is 2.45. The number of hydrogen-bond acceptors (Lipinski definition) is 11. The van der Waals surface area contributed by atoms with Crippen molar-refractivity contribution in [2.24, 2.45) is 0 Å². The third-order valence-corrected chi connectivity index (χ3v) is 7.82. The number of benzene rings is 2. The average molecular weight is 871 g/mol. The number of carbonyl (C=O) groups excluding carboxylic acids is 5. The normalized spacial score (nSPS) is 16.0. The first-order valence-corrected chi connectivity index (χ1v) is 18.8. The predicted molar refractivity (Wildman–Crippen MR) is 210 cm³/mol. The van der Waals surface area contributed by atoms with Gasteiger partial charge in [-0.1, -0.05) is 0 Å². The molecule has 13 nitrogen and oxygen atoms in total. The second-order valence-corrected chi connectivity index (χ2v) is 16.7. The summed E-state index contributed by atoms with van der Waals surface area (Å²) in [6, 6.07) is 7.03. The maximum Gasteiger partial charge on any atom is 0.519 e. The standard InChI is InChI=1S/C15H16F3NO3.C10H8F3NO.C10H18O5.C7H10N2/c1-15(2,3)22-14(21)19-7-8(6-11(19)20)12-9(16)4-5-10(17)13(12)18;11-6-1-2-7(12)10(13)9(6)5-3-8(15)14-4-5;1-9(2,3)14-7(11)13-8(12)15-10(4,5)6;1-9(2)7-3-5-8-6-4-7/h4-5,8H,6-7H2,1-3H3;1-2,5H,3-4H2,(H,14,15);1-6H3;3-6H,1-2H3/t8-;5-;;/m00../s1. The van der Waals surface area contributed by atoms with Crippen LogP contribution in [0.1, 0.15) is 98.1 Å². The fourth-order valence-electron chi connectivity index (χ4n) is 5.29. The summed E-state index contributed by atoms with van der Waals surface area (Å²) >= 11 is 0. The molecule has 1 N–H and O–H groups in total. The molecule has 1 aromatic heterocycles. The molecule has 0 unspecified atom stereocenters. The van der Waals surface area contributed by atoms with Crippen LogP contribution in [0.3, 0.4) is 0 Å². The van der Waals surface area contributed by atoms with Crippen molar-refractivity contribution < 1.29 is 69.3 Å². The van der Waals surface area contributed by atoms with E-state index in [9.17, 15) is 50.3 Å². The van der Waals surface area contributed by atoms with Gasteiger partial charge in [-0.3, -0.25) is 14.6 Å². The number of likely N-dealkylation sites (tertiary alicyclic amines) is 1. The van der Waals surface area contributed by atoms with Crippen LogP contribution in [0.15, 0.2) is 48.8 Å². The maximum absolute atomic E-state index is 13.8. The maximum atomic E-state index is 13.8. The highest BCUT2D eigenvalue weighted by Gasteiger charge is 2.40. The number of carbonyl (C=O) groups is 5. The second-order valence-electron chi connectivity index (χ2n) is 16.7. The van der Waals surface area contributed by atoms with Gasteiger partial charge < -0.3 is 29.2 Å². The SMILES string of the molecule is CC(C)(C)OC(=O)N1C[C@@H](c2c(F)ccc(F)c2F)CC1=O.CC(C)(C)OC(=O)OC(=O)OC(C)(C)C.CN(C)c1ccncc1.O=C1C[C@H](c2c(F)ccc(F)c2F)CN1. The Kier molecular flexibility index (Phi) is 18.1. The molecule has 2 saturated heterocycles. The van der Waals surface area contributed by atoms with Crippen molar-refractivity contribution in [3.05, 3.63) is 94.8 Å². The highest BCUT2D eigenvalue weighted by atomic mass is 19.2. The summed E-state index contributed by atoms with van der Waals surface area (Å²) in [4.78, 5) is 63.4. The lowest BCUT2D eigenvalue weighted by molar-refractivity contribution is -0.127. The molecule has 2 aliphatic heterocycles. The molecule has 3 amide bonds. The van der Waals surface area contributed by atoms with Crippen molar-refractivity contribution in [2.45, 2.75) is 104 Å². The number of anilines is 1. The third kappa shape index (κ3) is 17.3. The van der Waals surface area contributed by atoms with Crippen LogP contribution in [-0.4, -0.2) is 84.1 Å². The number of pyridine rings is 1. The Morgan fingerprint density at radius 3 is 1.46 bits per heavy atom. The molecule has 0 aliphatic carbocycles. The summed E-state index contributed by atoms with van der Waals surface area (Å²) in [6.07, 6.45) is 0.295. The minimum Gasteiger partial charge on any atom is -0.443 e. The van der Waals surface area contributed by atoms with Crippen LogP contribution < -0.4 is 10.2 Å². The Morgan fingerprint density at radius 1 is 0.656 bits per heavy atom. The lowest BCUT2D eigenvalue weighted by Crippen LogP contribution is -2.37. The third-order valence-electron chi connectivity index (χ3n) is 7.82. The predicted octanol–water partition coefficient (Wildman–Crippen LogP) is 9.08. The highest BCUT2D eigenvalue weighted by molar-refractivity contribution is 5.94. The number of hydrogen-bond donors (Lipinski definition) is 1. The number of aromatic nitrogens is 1. The summed E-state index contributed by atoms with van der Waals surface area (Å²) in [6.45, 7) is 14.8. The molecule has 0 radical (unpaired) electrons. The minimum absolute atomic E-state index is 0.00269. The monoisotopic (exact) mass is 870 g/mol. The Balaban J connectivity index is 0.000000292. The Morgan fingerprint density at radius 2 is 1.08 bits per heavy atom. The van der Waals surface area contributed by atoms with Gasteiger partial charge in [-0.15, -0.1) is 0 Å². The zero-order valence-corrected chi connectivity index (χ0v) is 35.9. The van der Waals surface area contributed by atoms with Crippen molar-refractivity contribution in [2.75, 3.05) is 32.1 Å². The number of ether oxygens (including phenoxy) is 4. The fraction of sp³-hybridized carbons (Fsp3) is 0.476. The van der Waals surface area contributed by atoms with Gasteiger partial charge in [0.2, 0.25) is 11.8 Å². The van der Waals surface area contributed by atoms with Crippen molar-refractivity contribution in [1.29, 1.82) is 0 Å². The van der Waals surface area contributed by atoms with Crippen LogP contribution in [0.5, 0.6) is 0 Å². The van der Waals surface area contributed by atoms with E-state index in [1.54, 1.807) is 74.7 Å². The topological polar surface area (TPSA) is 154 Å². The van der Waals surface area contributed by atoms with Crippen molar-refractivity contribution in [3.63, 3.8) is 0 Å². The summed E-state index contributed by atoms with van der Waals surface area (Å²) < 4.78 is 99.1. The smallest absolute Gasteiger partial charge is 0.443 e. The van der Waals surface area contributed by atoms with Gasteiger partial charge in [0.15, 0.2) is 23.3 Å². The molecular weight excluding hydrogens is 818 g/mol. The molecule has 61 heavy (non-hydrogen) atoms. The number of nitrogens with one attached hydrogen (secondary N) is 1. The van der Waals surface area contributed by atoms with E-state index in [2.05, 4.69) is 15.0 Å². The van der Waals surface area contributed by atoms with E-state index in [1.807, 2.05) is 31.1 Å². The number of halogens is 6. The fourth-order valence-corrected chi connectivity index (χ4v) is 5.29. The molecule has 5 rings (SSSR count). The Labute approximate surface area is 350 Å². The molecule has 0 spiro atoms. The molecule has 2 aliphatic rings. The number of amides is 3. The first-order chi connectivity index (χ1) is 28.0. The van der Waals surface area contributed by atoms with Gasteiger partial charge in [-0.05, 0) is 98.7 Å². The number of imide groups is 1. The molecule has 3 aromatic rings. The van der Waals surface area contributed by atoms with E-state index in [-0.39, 0.29) is 37.4 Å². The van der Waals surface area contributed by atoms with E-state index in [0.717, 1.165) is 23.1 Å². The van der Waals surface area contributed by atoms with Crippen LogP contribution >= 0.6 is 0 Å². The lowest BCUT2D eigenvalue weighted by Gasteiger charge is -2.23. The second kappa shape index (κ2) is 21.6. The van der Waals surface area contributed by atoms with Gasteiger partial charge in [0, 0.05) is 81.1 Å². The molecule has 3 heterocycles. The van der Waals surface area contributed by atoms with E-state index in [1.165, 1.54) is 5.69 Å². The van der Waals surface area contributed by atoms with Crippen LogP contribution in [0, 0.1) is 34.9 Å². The zero-order chi connectivity index (χ0) is 46.6. The zero-order valence-electron chi connectivity index (χ0n) is 35.9. The van der Waals surface area contributed by atoms with E-state index in [4.69, 9.17) is 14.2 Å². The molecular formula is C42H52F6N4O9. The minimum atomic E-state index is -1.33. The van der Waals surface area contributed by atoms with Crippen LogP contribution in [0.25, 0.3) is 0 Å². The van der Waals surface area contributed by atoms with Gasteiger partial charge in [0.25, 0.3) is 0 Å². The van der Waals surface area contributed by atoms with Crippen LogP contribution in [-0.2, 0) is 28.5 Å². The molecule has 0 bridgehead atoms. The van der Waals surface area contributed by atoms with Gasteiger partial charge >= 0.3 is 18.4 Å². The molecule has 336 valence electrons. The van der Waals surface area contributed by atoms with Crippen molar-refractivity contribution in [3.8, 4) is 0 Å². The summed E-state index contributed by atoms with van der Waals surface area (Å²) in [5.41, 5.74) is -1.86.